The summed E-state index contributed by atoms with van der Waals surface area (Å²) in [5, 5.41) is 1.28. The smallest absolute Gasteiger partial charge is 0.123 e. The molecular weight excluding hydrogens is 256 g/mol. The molecule has 0 bridgehead atoms. The van der Waals surface area contributed by atoms with Gasteiger partial charge in [-0.15, -0.1) is 12.6 Å². The maximum absolute atomic E-state index is 5.93. The van der Waals surface area contributed by atoms with Crippen molar-refractivity contribution in [3.63, 3.8) is 0 Å². The van der Waals surface area contributed by atoms with Crippen LogP contribution in [0.4, 0.5) is 5.82 Å². The van der Waals surface area contributed by atoms with Crippen LogP contribution in [0.5, 0.6) is 5.75 Å². The first kappa shape index (κ1) is 12.2. The van der Waals surface area contributed by atoms with E-state index in [1.807, 2.05) is 28.8 Å². The Morgan fingerprint density at radius 1 is 1.35 bits per heavy atom. The van der Waals surface area contributed by atoms with Crippen LogP contribution in [0.3, 0.4) is 0 Å². The van der Waals surface area contributed by atoms with Gasteiger partial charge in [-0.2, -0.15) is 0 Å². The molecule has 0 aliphatic carbocycles. The highest BCUT2D eigenvalue weighted by Crippen LogP contribution is 2.27. The van der Waals surface area contributed by atoms with Gasteiger partial charge in [-0.3, -0.25) is 0 Å². The summed E-state index contributed by atoms with van der Waals surface area (Å²) in [5.74, 6) is 1.37. The lowest BCUT2D eigenvalue weighted by Gasteiger charge is -2.09. The van der Waals surface area contributed by atoms with Crippen molar-refractivity contribution < 1.29 is 4.74 Å². The number of rotatable bonds is 3. The summed E-state index contributed by atoms with van der Waals surface area (Å²) in [6.07, 6.45) is 0. The molecule has 2 N–H and O–H groups in total. The summed E-state index contributed by atoms with van der Waals surface area (Å²) < 4.78 is 6.96. The second-order valence-electron chi connectivity index (χ2n) is 3.67. The predicted octanol–water partition coefficient (Wildman–Crippen LogP) is 3.07. The highest BCUT2D eigenvalue weighted by atomic mass is 35.5. The van der Waals surface area contributed by atoms with E-state index in [-0.39, 0.29) is 0 Å². The zero-order valence-corrected chi connectivity index (χ0v) is 11.0. The first-order chi connectivity index (χ1) is 8.11. The number of nitrogens with two attached hydrogens (primary N) is 1. The van der Waals surface area contributed by atoms with Gasteiger partial charge in [-0.1, -0.05) is 23.7 Å². The van der Waals surface area contributed by atoms with Gasteiger partial charge < -0.3 is 15.0 Å². The SMILES string of the molecule is COc1ccc(Cn2c(S)cc(Cl)c2N)cc1. The molecule has 0 fully saturated rings. The first-order valence-corrected chi connectivity index (χ1v) is 5.90. The molecule has 0 aliphatic heterocycles. The molecular formula is C12H13ClN2OS. The van der Waals surface area contributed by atoms with Crippen LogP contribution < -0.4 is 10.5 Å². The summed E-state index contributed by atoms with van der Waals surface area (Å²) in [4.78, 5) is 0. The Kier molecular flexibility index (Phi) is 3.54. The van der Waals surface area contributed by atoms with Crippen LogP contribution in [0.25, 0.3) is 0 Å². The molecule has 2 aromatic rings. The number of methoxy groups -OCH3 is 1. The van der Waals surface area contributed by atoms with E-state index in [4.69, 9.17) is 22.1 Å². The van der Waals surface area contributed by atoms with Crippen LogP contribution in [-0.4, -0.2) is 11.7 Å². The van der Waals surface area contributed by atoms with Crippen molar-refractivity contribution in [3.8, 4) is 5.75 Å². The van der Waals surface area contributed by atoms with Crippen LogP contribution in [-0.2, 0) is 6.54 Å². The summed E-state index contributed by atoms with van der Waals surface area (Å²) in [7, 11) is 1.64. The van der Waals surface area contributed by atoms with E-state index >= 15 is 0 Å². The molecule has 0 saturated carbocycles. The third kappa shape index (κ3) is 2.53. The number of anilines is 1. The van der Waals surface area contributed by atoms with Gasteiger partial charge in [-0.25, -0.2) is 0 Å². The van der Waals surface area contributed by atoms with E-state index in [0.717, 1.165) is 16.3 Å². The van der Waals surface area contributed by atoms with Gasteiger partial charge in [0.05, 0.1) is 23.7 Å². The lowest BCUT2D eigenvalue weighted by molar-refractivity contribution is 0.414. The van der Waals surface area contributed by atoms with Crippen LogP contribution in [0.2, 0.25) is 5.02 Å². The molecule has 0 saturated heterocycles. The first-order valence-electron chi connectivity index (χ1n) is 5.08. The van der Waals surface area contributed by atoms with Crippen molar-refractivity contribution in [2.24, 2.45) is 0 Å². The van der Waals surface area contributed by atoms with E-state index in [1.165, 1.54) is 0 Å². The number of nitrogens with zero attached hydrogens (tertiary/aromatic N) is 1. The van der Waals surface area contributed by atoms with Gasteiger partial charge in [-0.05, 0) is 23.8 Å². The Morgan fingerprint density at radius 2 is 2.00 bits per heavy atom. The number of nitrogen functional groups attached to an aromatic ring is 1. The second-order valence-corrected chi connectivity index (χ2v) is 4.54. The summed E-state index contributed by atoms with van der Waals surface area (Å²) >= 11 is 10.3. The molecule has 1 aromatic heterocycles. The third-order valence-corrected chi connectivity index (χ3v) is 3.24. The minimum atomic E-state index is 0.531. The minimum Gasteiger partial charge on any atom is -0.497 e. The van der Waals surface area contributed by atoms with Crippen molar-refractivity contribution in [2.75, 3.05) is 12.8 Å². The Labute approximate surface area is 111 Å². The Hall–Kier alpha value is -1.26. The van der Waals surface area contributed by atoms with Crippen molar-refractivity contribution >= 4 is 30.0 Å². The minimum absolute atomic E-state index is 0.531. The van der Waals surface area contributed by atoms with E-state index in [2.05, 4.69) is 12.6 Å². The second kappa shape index (κ2) is 4.94. The molecule has 0 aliphatic rings. The Bertz CT molecular complexity index is 522. The van der Waals surface area contributed by atoms with Crippen molar-refractivity contribution in [2.45, 2.75) is 11.6 Å². The van der Waals surface area contributed by atoms with Crippen molar-refractivity contribution in [1.29, 1.82) is 0 Å². The fourth-order valence-corrected chi connectivity index (χ4v) is 2.19. The lowest BCUT2D eigenvalue weighted by Crippen LogP contribution is -2.04. The standard InChI is InChI=1S/C12H13ClN2OS/c1-16-9-4-2-8(3-5-9)7-15-11(17)6-10(13)12(15)14/h2-6,17H,7,14H2,1H3. The normalized spacial score (nSPS) is 10.5. The number of hydrogen-bond donors (Lipinski definition) is 2. The zero-order chi connectivity index (χ0) is 12.4. The molecule has 17 heavy (non-hydrogen) atoms. The summed E-state index contributed by atoms with van der Waals surface area (Å²) in [6.45, 7) is 0.640. The average Bonchev–Trinajstić information content (AvgIpc) is 2.57. The lowest BCUT2D eigenvalue weighted by atomic mass is 10.2. The molecule has 0 spiro atoms. The number of thiol groups is 1. The van der Waals surface area contributed by atoms with Crippen LogP contribution >= 0.6 is 24.2 Å². The highest BCUT2D eigenvalue weighted by Gasteiger charge is 2.08. The maximum Gasteiger partial charge on any atom is 0.123 e. The van der Waals surface area contributed by atoms with E-state index in [0.29, 0.717) is 17.4 Å². The summed E-state index contributed by atoms with van der Waals surface area (Å²) in [6, 6.07) is 9.53. The Balaban J connectivity index is 2.25. The number of halogens is 1. The van der Waals surface area contributed by atoms with Gasteiger partial charge in [0, 0.05) is 0 Å². The fraction of sp³-hybridized carbons (Fsp3) is 0.167. The van der Waals surface area contributed by atoms with E-state index < -0.39 is 0 Å². The molecule has 0 unspecified atom stereocenters. The van der Waals surface area contributed by atoms with E-state index in [1.54, 1.807) is 13.2 Å². The molecule has 5 heteroatoms. The molecule has 0 radical (unpaired) electrons. The number of aromatic nitrogens is 1. The third-order valence-electron chi connectivity index (χ3n) is 2.57. The zero-order valence-electron chi connectivity index (χ0n) is 9.35. The molecule has 0 amide bonds. The van der Waals surface area contributed by atoms with Crippen molar-refractivity contribution in [1.82, 2.24) is 4.57 Å². The highest BCUT2D eigenvalue weighted by molar-refractivity contribution is 7.80. The number of hydrogen-bond acceptors (Lipinski definition) is 3. The average molecular weight is 269 g/mol. The predicted molar refractivity (Wildman–Crippen MR) is 73.2 cm³/mol. The number of ether oxygens (including phenoxy) is 1. The quantitative estimate of drug-likeness (QED) is 0.840. The van der Waals surface area contributed by atoms with Crippen LogP contribution in [0.1, 0.15) is 5.56 Å². The van der Waals surface area contributed by atoms with Gasteiger partial charge in [0.15, 0.2) is 0 Å². The molecule has 2 rings (SSSR count). The van der Waals surface area contributed by atoms with Crippen molar-refractivity contribution in [3.05, 3.63) is 40.9 Å². The molecule has 0 atom stereocenters. The van der Waals surface area contributed by atoms with E-state index in [9.17, 15) is 0 Å². The van der Waals surface area contributed by atoms with Crippen LogP contribution in [0.15, 0.2) is 35.4 Å². The number of benzene rings is 1. The Morgan fingerprint density at radius 3 is 2.47 bits per heavy atom. The van der Waals surface area contributed by atoms with Gasteiger partial charge in [0.1, 0.15) is 11.6 Å². The summed E-state index contributed by atoms with van der Waals surface area (Å²) in [5.41, 5.74) is 6.98. The van der Waals surface area contributed by atoms with Gasteiger partial charge in [0.25, 0.3) is 0 Å². The maximum atomic E-state index is 5.93. The van der Waals surface area contributed by atoms with Gasteiger partial charge >= 0.3 is 0 Å². The topological polar surface area (TPSA) is 40.2 Å². The largest absolute Gasteiger partial charge is 0.497 e. The molecule has 1 heterocycles. The van der Waals surface area contributed by atoms with Crippen LogP contribution in [0, 0.1) is 0 Å². The molecule has 3 nitrogen and oxygen atoms in total. The monoisotopic (exact) mass is 268 g/mol. The van der Waals surface area contributed by atoms with Gasteiger partial charge in [0.2, 0.25) is 0 Å². The molecule has 1 aromatic carbocycles. The fourth-order valence-electron chi connectivity index (χ4n) is 1.60. The molecule has 90 valence electrons.